The summed E-state index contributed by atoms with van der Waals surface area (Å²) in [6.07, 6.45) is 1.66. The first-order valence-corrected chi connectivity index (χ1v) is 5.11. The van der Waals surface area contributed by atoms with Gasteiger partial charge in [0.2, 0.25) is 0 Å². The minimum Gasteiger partial charge on any atom is -0.492 e. The van der Waals surface area contributed by atoms with Crippen LogP contribution in [0.2, 0.25) is 0 Å². The van der Waals surface area contributed by atoms with Crippen LogP contribution in [-0.4, -0.2) is 11.6 Å². The fourth-order valence-corrected chi connectivity index (χ4v) is 1.47. The molecule has 0 saturated carbocycles. The van der Waals surface area contributed by atoms with Crippen molar-refractivity contribution in [2.24, 2.45) is 0 Å². The van der Waals surface area contributed by atoms with E-state index in [0.29, 0.717) is 18.4 Å². The van der Waals surface area contributed by atoms with Gasteiger partial charge in [0, 0.05) is 5.88 Å². The van der Waals surface area contributed by atoms with Gasteiger partial charge >= 0.3 is 0 Å². The molecule has 1 aromatic heterocycles. The SMILES string of the molecule is CCOc1cnc(CCl)c(CCl)c1. The van der Waals surface area contributed by atoms with Crippen molar-refractivity contribution in [3.05, 3.63) is 23.5 Å². The van der Waals surface area contributed by atoms with Gasteiger partial charge in [0.25, 0.3) is 0 Å². The van der Waals surface area contributed by atoms with Crippen LogP contribution in [0.3, 0.4) is 0 Å². The Bertz CT molecular complexity index is 278. The van der Waals surface area contributed by atoms with E-state index in [2.05, 4.69) is 4.98 Å². The maximum Gasteiger partial charge on any atom is 0.137 e. The van der Waals surface area contributed by atoms with Crippen LogP contribution >= 0.6 is 23.2 Å². The summed E-state index contributed by atoms with van der Waals surface area (Å²) in [6, 6.07) is 1.88. The number of alkyl halides is 2. The molecule has 0 spiro atoms. The van der Waals surface area contributed by atoms with Crippen molar-refractivity contribution in [3.8, 4) is 5.75 Å². The highest BCUT2D eigenvalue weighted by molar-refractivity contribution is 6.18. The standard InChI is InChI=1S/C9H11Cl2NO/c1-2-13-8-3-7(4-10)9(5-11)12-6-8/h3,6H,2,4-5H2,1H3. The van der Waals surface area contributed by atoms with Gasteiger partial charge in [-0.2, -0.15) is 0 Å². The first-order valence-electron chi connectivity index (χ1n) is 4.04. The van der Waals surface area contributed by atoms with Crippen molar-refractivity contribution in [1.29, 1.82) is 0 Å². The summed E-state index contributed by atoms with van der Waals surface area (Å²) in [7, 11) is 0. The van der Waals surface area contributed by atoms with E-state index in [1.54, 1.807) is 6.20 Å². The zero-order valence-corrected chi connectivity index (χ0v) is 8.90. The predicted molar refractivity (Wildman–Crippen MR) is 54.5 cm³/mol. The topological polar surface area (TPSA) is 22.1 Å². The van der Waals surface area contributed by atoms with E-state index < -0.39 is 0 Å². The van der Waals surface area contributed by atoms with Crippen LogP contribution in [0.1, 0.15) is 18.2 Å². The van der Waals surface area contributed by atoms with Crippen molar-refractivity contribution in [1.82, 2.24) is 4.98 Å². The highest BCUT2D eigenvalue weighted by Crippen LogP contribution is 2.18. The third kappa shape index (κ3) is 2.75. The average molecular weight is 220 g/mol. The van der Waals surface area contributed by atoms with Gasteiger partial charge in [-0.05, 0) is 18.6 Å². The fraction of sp³-hybridized carbons (Fsp3) is 0.444. The smallest absolute Gasteiger partial charge is 0.137 e. The summed E-state index contributed by atoms with van der Waals surface area (Å²) in [4.78, 5) is 4.15. The van der Waals surface area contributed by atoms with Gasteiger partial charge in [0.05, 0.1) is 24.4 Å². The summed E-state index contributed by atoms with van der Waals surface area (Å²) < 4.78 is 5.28. The number of halogens is 2. The highest BCUT2D eigenvalue weighted by atomic mass is 35.5. The Morgan fingerprint density at radius 3 is 2.69 bits per heavy atom. The zero-order chi connectivity index (χ0) is 9.68. The molecule has 0 saturated heterocycles. The second kappa shape index (κ2) is 5.30. The number of pyridine rings is 1. The Morgan fingerprint density at radius 1 is 1.38 bits per heavy atom. The molecule has 1 aromatic rings. The third-order valence-corrected chi connectivity index (χ3v) is 2.16. The Hall–Kier alpha value is -0.470. The average Bonchev–Trinajstić information content (AvgIpc) is 2.18. The van der Waals surface area contributed by atoms with Crippen molar-refractivity contribution >= 4 is 23.2 Å². The van der Waals surface area contributed by atoms with E-state index in [4.69, 9.17) is 27.9 Å². The summed E-state index contributed by atoms with van der Waals surface area (Å²) in [5.74, 6) is 1.54. The lowest BCUT2D eigenvalue weighted by Crippen LogP contribution is -1.97. The van der Waals surface area contributed by atoms with Crippen LogP contribution in [0.5, 0.6) is 5.75 Å². The Kier molecular flexibility index (Phi) is 4.33. The van der Waals surface area contributed by atoms with Crippen LogP contribution in [-0.2, 0) is 11.8 Å². The second-order valence-corrected chi connectivity index (χ2v) is 3.01. The Morgan fingerprint density at radius 2 is 2.15 bits per heavy atom. The minimum absolute atomic E-state index is 0.383. The Balaban J connectivity index is 2.91. The lowest BCUT2D eigenvalue weighted by Gasteiger charge is -2.06. The van der Waals surface area contributed by atoms with Crippen molar-refractivity contribution < 1.29 is 4.74 Å². The summed E-state index contributed by atoms with van der Waals surface area (Å²) >= 11 is 11.4. The molecule has 0 atom stereocenters. The molecule has 0 N–H and O–H groups in total. The monoisotopic (exact) mass is 219 g/mol. The van der Waals surface area contributed by atoms with Gasteiger partial charge in [-0.25, -0.2) is 0 Å². The van der Waals surface area contributed by atoms with Crippen LogP contribution in [0, 0.1) is 0 Å². The van der Waals surface area contributed by atoms with Gasteiger partial charge < -0.3 is 4.74 Å². The van der Waals surface area contributed by atoms with Crippen molar-refractivity contribution in [2.75, 3.05) is 6.61 Å². The van der Waals surface area contributed by atoms with Gasteiger partial charge in [-0.15, -0.1) is 23.2 Å². The zero-order valence-electron chi connectivity index (χ0n) is 7.39. The molecule has 0 aromatic carbocycles. The van der Waals surface area contributed by atoms with Crippen LogP contribution in [0.4, 0.5) is 0 Å². The largest absolute Gasteiger partial charge is 0.492 e. The molecular formula is C9H11Cl2NO. The van der Waals surface area contributed by atoms with Gasteiger partial charge in [0.1, 0.15) is 5.75 Å². The number of rotatable bonds is 4. The van der Waals surface area contributed by atoms with E-state index in [1.807, 2.05) is 13.0 Å². The van der Waals surface area contributed by atoms with E-state index in [9.17, 15) is 0 Å². The molecule has 0 fully saturated rings. The number of hydrogen-bond acceptors (Lipinski definition) is 2. The molecule has 0 aliphatic heterocycles. The first-order chi connectivity index (χ1) is 6.31. The predicted octanol–water partition coefficient (Wildman–Crippen LogP) is 2.96. The number of nitrogens with zero attached hydrogens (tertiary/aromatic N) is 1. The quantitative estimate of drug-likeness (QED) is 0.727. The van der Waals surface area contributed by atoms with Gasteiger partial charge in [0.15, 0.2) is 0 Å². The molecule has 4 heteroatoms. The number of ether oxygens (including phenoxy) is 1. The Labute approximate surface area is 87.8 Å². The molecule has 0 aliphatic carbocycles. The van der Waals surface area contributed by atoms with Crippen LogP contribution < -0.4 is 4.74 Å². The first kappa shape index (κ1) is 10.6. The molecule has 2 nitrogen and oxygen atoms in total. The van der Waals surface area contributed by atoms with E-state index >= 15 is 0 Å². The molecule has 13 heavy (non-hydrogen) atoms. The third-order valence-electron chi connectivity index (χ3n) is 1.62. The second-order valence-electron chi connectivity index (χ2n) is 2.48. The summed E-state index contributed by atoms with van der Waals surface area (Å²) in [5, 5.41) is 0. The van der Waals surface area contributed by atoms with Crippen LogP contribution in [0.15, 0.2) is 12.3 Å². The molecule has 0 radical (unpaired) electrons. The lowest BCUT2D eigenvalue weighted by molar-refractivity contribution is 0.338. The molecule has 0 unspecified atom stereocenters. The maximum absolute atomic E-state index is 5.73. The summed E-state index contributed by atoms with van der Waals surface area (Å²) in [5.41, 5.74) is 1.75. The van der Waals surface area contributed by atoms with E-state index in [1.165, 1.54) is 0 Å². The molecule has 72 valence electrons. The van der Waals surface area contributed by atoms with E-state index in [-0.39, 0.29) is 0 Å². The number of hydrogen-bond donors (Lipinski definition) is 0. The molecule has 1 heterocycles. The summed E-state index contributed by atoms with van der Waals surface area (Å²) in [6.45, 7) is 2.56. The van der Waals surface area contributed by atoms with E-state index in [0.717, 1.165) is 17.0 Å². The molecule has 0 bridgehead atoms. The highest BCUT2D eigenvalue weighted by Gasteiger charge is 2.03. The van der Waals surface area contributed by atoms with Crippen molar-refractivity contribution in [3.63, 3.8) is 0 Å². The molecule has 0 amide bonds. The normalized spacial score (nSPS) is 10.1. The number of aromatic nitrogens is 1. The molecular weight excluding hydrogens is 209 g/mol. The molecule has 1 rings (SSSR count). The maximum atomic E-state index is 5.73. The lowest BCUT2D eigenvalue weighted by atomic mass is 10.2. The van der Waals surface area contributed by atoms with Gasteiger partial charge in [-0.3, -0.25) is 4.98 Å². The van der Waals surface area contributed by atoms with Crippen LogP contribution in [0.25, 0.3) is 0 Å². The minimum atomic E-state index is 0.383. The molecule has 0 aliphatic rings. The fourth-order valence-electron chi connectivity index (χ4n) is 0.998. The van der Waals surface area contributed by atoms with Crippen molar-refractivity contribution in [2.45, 2.75) is 18.7 Å². The van der Waals surface area contributed by atoms with Gasteiger partial charge in [-0.1, -0.05) is 0 Å².